The molecule has 0 atom stereocenters. The number of para-hydroxylation sites is 1. The molecule has 5 nitrogen and oxygen atoms in total. The fourth-order valence-corrected chi connectivity index (χ4v) is 5.91. The minimum atomic E-state index is -0.482. The molecule has 2 aromatic carbocycles. The van der Waals surface area contributed by atoms with Gasteiger partial charge in [-0.3, -0.25) is 9.59 Å². The third-order valence-electron chi connectivity index (χ3n) is 6.28. The standard InChI is InChI=1S/C27H25N3O2S/c1-16-9-5-6-10-17(16)22-15-20(18-11-7-8-13-21(18)29-22)26(32)30-27-24(25(28)31)19-12-3-2-4-14-23(19)33-27/h5-11,13,15H,2-4,12,14H2,1H3,(H2,28,31)(H,30,32). The van der Waals surface area contributed by atoms with Crippen LogP contribution in [-0.4, -0.2) is 16.8 Å². The lowest BCUT2D eigenvalue weighted by Gasteiger charge is -2.12. The average molecular weight is 456 g/mol. The number of rotatable bonds is 4. The molecule has 2 amide bonds. The highest BCUT2D eigenvalue weighted by Crippen LogP contribution is 2.38. The van der Waals surface area contributed by atoms with Gasteiger partial charge in [0.2, 0.25) is 0 Å². The van der Waals surface area contributed by atoms with E-state index in [1.165, 1.54) is 11.3 Å². The van der Waals surface area contributed by atoms with Gasteiger partial charge in [-0.25, -0.2) is 4.98 Å². The van der Waals surface area contributed by atoms with E-state index in [0.29, 0.717) is 16.1 Å². The van der Waals surface area contributed by atoms with Crippen LogP contribution in [0.2, 0.25) is 0 Å². The highest BCUT2D eigenvalue weighted by atomic mass is 32.1. The molecule has 2 aromatic heterocycles. The largest absolute Gasteiger partial charge is 0.365 e. The number of nitrogens with two attached hydrogens (primary N) is 1. The third-order valence-corrected chi connectivity index (χ3v) is 7.48. The molecule has 0 unspecified atom stereocenters. The number of thiophene rings is 1. The van der Waals surface area contributed by atoms with Crippen LogP contribution in [0.25, 0.3) is 22.2 Å². The number of nitrogens with one attached hydrogen (secondary N) is 1. The number of pyridine rings is 1. The maximum atomic E-state index is 13.6. The van der Waals surface area contributed by atoms with Gasteiger partial charge in [0.15, 0.2) is 0 Å². The zero-order valence-corrected chi connectivity index (χ0v) is 19.3. The predicted molar refractivity (Wildman–Crippen MR) is 134 cm³/mol. The number of carbonyl (C=O) groups is 2. The van der Waals surface area contributed by atoms with Gasteiger partial charge in [-0.05, 0) is 55.9 Å². The summed E-state index contributed by atoms with van der Waals surface area (Å²) in [6, 6.07) is 17.5. The summed E-state index contributed by atoms with van der Waals surface area (Å²) in [4.78, 5) is 31.9. The fourth-order valence-electron chi connectivity index (χ4n) is 4.62. The first-order chi connectivity index (χ1) is 16.0. The van der Waals surface area contributed by atoms with E-state index in [2.05, 4.69) is 5.32 Å². The number of hydrogen-bond donors (Lipinski definition) is 2. The van der Waals surface area contributed by atoms with Crippen molar-refractivity contribution in [2.45, 2.75) is 39.0 Å². The van der Waals surface area contributed by atoms with Crippen LogP contribution < -0.4 is 11.1 Å². The number of benzene rings is 2. The molecule has 0 spiro atoms. The summed E-state index contributed by atoms with van der Waals surface area (Å²) in [5.74, 6) is -0.743. The van der Waals surface area contributed by atoms with Crippen molar-refractivity contribution in [3.8, 4) is 11.3 Å². The molecule has 0 fully saturated rings. The summed E-state index contributed by atoms with van der Waals surface area (Å²) in [7, 11) is 0. The summed E-state index contributed by atoms with van der Waals surface area (Å²) < 4.78 is 0. The lowest BCUT2D eigenvalue weighted by Crippen LogP contribution is -2.18. The number of fused-ring (bicyclic) bond motifs is 2. The van der Waals surface area contributed by atoms with Crippen LogP contribution in [-0.2, 0) is 12.8 Å². The van der Waals surface area contributed by atoms with Crippen molar-refractivity contribution >= 4 is 39.1 Å². The molecule has 1 aliphatic rings. The van der Waals surface area contributed by atoms with Gasteiger partial charge in [-0.15, -0.1) is 11.3 Å². The minimum Gasteiger partial charge on any atom is -0.365 e. The Morgan fingerprint density at radius 1 is 1.00 bits per heavy atom. The molecule has 5 rings (SSSR count). The Bertz CT molecular complexity index is 1390. The predicted octanol–water partition coefficient (Wildman–Crippen LogP) is 5.89. The smallest absolute Gasteiger partial charge is 0.257 e. The highest BCUT2D eigenvalue weighted by Gasteiger charge is 2.25. The molecule has 0 radical (unpaired) electrons. The first kappa shape index (κ1) is 21.3. The molecule has 2 heterocycles. The number of anilines is 1. The Balaban J connectivity index is 1.60. The van der Waals surface area contributed by atoms with Gasteiger partial charge in [0.25, 0.3) is 11.8 Å². The molecular weight excluding hydrogens is 430 g/mol. The van der Waals surface area contributed by atoms with E-state index in [-0.39, 0.29) is 5.91 Å². The van der Waals surface area contributed by atoms with Crippen LogP contribution in [0.4, 0.5) is 5.00 Å². The number of nitrogens with zero attached hydrogens (tertiary/aromatic N) is 1. The second kappa shape index (κ2) is 8.79. The zero-order valence-electron chi connectivity index (χ0n) is 18.5. The molecule has 0 aliphatic heterocycles. The van der Waals surface area contributed by atoms with E-state index in [1.807, 2.05) is 61.5 Å². The summed E-state index contributed by atoms with van der Waals surface area (Å²) in [5, 5.41) is 4.35. The summed E-state index contributed by atoms with van der Waals surface area (Å²) >= 11 is 1.49. The van der Waals surface area contributed by atoms with Crippen LogP contribution >= 0.6 is 11.3 Å². The Kier molecular flexibility index (Phi) is 5.68. The first-order valence-corrected chi connectivity index (χ1v) is 12.1. The van der Waals surface area contributed by atoms with Crippen molar-refractivity contribution in [1.29, 1.82) is 0 Å². The normalized spacial score (nSPS) is 13.4. The first-order valence-electron chi connectivity index (χ1n) is 11.2. The van der Waals surface area contributed by atoms with E-state index in [1.54, 1.807) is 0 Å². The Hall–Kier alpha value is -3.51. The molecule has 0 saturated heterocycles. The van der Waals surface area contributed by atoms with Crippen LogP contribution in [0, 0.1) is 6.92 Å². The Morgan fingerprint density at radius 2 is 1.76 bits per heavy atom. The van der Waals surface area contributed by atoms with Gasteiger partial charge in [-0.1, -0.05) is 48.9 Å². The van der Waals surface area contributed by atoms with E-state index >= 15 is 0 Å². The van der Waals surface area contributed by atoms with Crippen LogP contribution in [0.3, 0.4) is 0 Å². The third kappa shape index (κ3) is 4.02. The molecule has 1 aliphatic carbocycles. The van der Waals surface area contributed by atoms with Crippen molar-refractivity contribution in [2.24, 2.45) is 5.73 Å². The van der Waals surface area contributed by atoms with Gasteiger partial charge >= 0.3 is 0 Å². The lowest BCUT2D eigenvalue weighted by atomic mass is 10.0. The maximum Gasteiger partial charge on any atom is 0.257 e. The fraction of sp³-hybridized carbons (Fsp3) is 0.222. The summed E-state index contributed by atoms with van der Waals surface area (Å²) in [6.07, 6.45) is 5.02. The van der Waals surface area contributed by atoms with Crippen molar-refractivity contribution in [1.82, 2.24) is 4.98 Å². The molecule has 166 valence electrons. The molecule has 3 N–H and O–H groups in total. The van der Waals surface area contributed by atoms with E-state index < -0.39 is 5.91 Å². The van der Waals surface area contributed by atoms with Gasteiger partial charge in [0.05, 0.1) is 22.3 Å². The zero-order chi connectivity index (χ0) is 22.9. The second-order valence-corrected chi connectivity index (χ2v) is 9.58. The number of carbonyl (C=O) groups excluding carboxylic acids is 2. The van der Waals surface area contributed by atoms with Crippen molar-refractivity contribution in [3.63, 3.8) is 0 Å². The van der Waals surface area contributed by atoms with Crippen molar-refractivity contribution in [3.05, 3.63) is 81.7 Å². The van der Waals surface area contributed by atoms with E-state index in [0.717, 1.165) is 70.3 Å². The number of amides is 2. The van der Waals surface area contributed by atoms with Crippen LogP contribution in [0.5, 0.6) is 0 Å². The second-order valence-electron chi connectivity index (χ2n) is 8.47. The number of aromatic nitrogens is 1. The van der Waals surface area contributed by atoms with Gasteiger partial charge in [0, 0.05) is 15.8 Å². The summed E-state index contributed by atoms with van der Waals surface area (Å²) in [5.41, 5.74) is 11.3. The van der Waals surface area contributed by atoms with Gasteiger partial charge in [0.1, 0.15) is 5.00 Å². The topological polar surface area (TPSA) is 85.1 Å². The minimum absolute atomic E-state index is 0.262. The monoisotopic (exact) mass is 455 g/mol. The Morgan fingerprint density at radius 3 is 2.58 bits per heavy atom. The number of primary amides is 1. The van der Waals surface area contributed by atoms with Crippen LogP contribution in [0.15, 0.2) is 54.6 Å². The summed E-state index contributed by atoms with van der Waals surface area (Å²) in [6.45, 7) is 2.03. The SMILES string of the molecule is Cc1ccccc1-c1cc(C(=O)Nc2sc3c(c2C(N)=O)CCCCC3)c2ccccc2n1. The lowest BCUT2D eigenvalue weighted by molar-refractivity contribution is 0.100. The van der Waals surface area contributed by atoms with Crippen LogP contribution in [0.1, 0.15) is 56.0 Å². The maximum absolute atomic E-state index is 13.6. The number of hydrogen-bond acceptors (Lipinski definition) is 4. The molecule has 0 bridgehead atoms. The van der Waals surface area contributed by atoms with Gasteiger partial charge < -0.3 is 11.1 Å². The quantitative estimate of drug-likeness (QED) is 0.376. The molecule has 33 heavy (non-hydrogen) atoms. The molecule has 6 heteroatoms. The highest BCUT2D eigenvalue weighted by molar-refractivity contribution is 7.17. The average Bonchev–Trinajstić information content (AvgIpc) is 2.99. The van der Waals surface area contributed by atoms with E-state index in [4.69, 9.17) is 10.7 Å². The van der Waals surface area contributed by atoms with Gasteiger partial charge in [-0.2, -0.15) is 0 Å². The number of aryl methyl sites for hydroxylation is 2. The molecular formula is C27H25N3O2S. The van der Waals surface area contributed by atoms with Crippen molar-refractivity contribution < 1.29 is 9.59 Å². The molecule has 4 aromatic rings. The molecule has 0 saturated carbocycles. The Labute approximate surface area is 196 Å². The van der Waals surface area contributed by atoms with Crippen molar-refractivity contribution in [2.75, 3.05) is 5.32 Å². The van der Waals surface area contributed by atoms with E-state index in [9.17, 15) is 9.59 Å².